The minimum atomic E-state index is -0.713. The summed E-state index contributed by atoms with van der Waals surface area (Å²) in [4.78, 5) is 28.0. The molecule has 9 nitrogen and oxygen atoms in total. The molecule has 1 heterocycles. The first-order valence-corrected chi connectivity index (χ1v) is 13.5. The fraction of sp³-hybridized carbons (Fsp3) is 0.176. The number of nitrogen functional groups attached to an aromatic ring is 1. The Balaban J connectivity index is 1.85. The van der Waals surface area contributed by atoms with Crippen LogP contribution in [-0.4, -0.2) is 45.6 Å². The number of benzene rings is 4. The van der Waals surface area contributed by atoms with Gasteiger partial charge in [-0.25, -0.2) is 4.79 Å². The molecule has 0 saturated carbocycles. The average molecular weight is 581 g/mol. The predicted molar refractivity (Wildman–Crippen MR) is 166 cm³/mol. The molecule has 4 aromatic carbocycles. The predicted octanol–water partition coefficient (Wildman–Crippen LogP) is 5.67. The highest BCUT2D eigenvalue weighted by Crippen LogP contribution is 2.44. The van der Waals surface area contributed by atoms with E-state index in [0.717, 1.165) is 5.56 Å². The maximum atomic E-state index is 14.4. The molecule has 0 aliphatic heterocycles. The molecule has 0 atom stereocenters. The van der Waals surface area contributed by atoms with Crippen LogP contribution < -0.4 is 30.2 Å². The van der Waals surface area contributed by atoms with Crippen molar-refractivity contribution in [2.24, 2.45) is 0 Å². The lowest BCUT2D eigenvalue weighted by Crippen LogP contribution is -2.27. The Morgan fingerprint density at radius 1 is 0.791 bits per heavy atom. The molecule has 2 N–H and O–H groups in total. The van der Waals surface area contributed by atoms with Crippen molar-refractivity contribution in [1.29, 1.82) is 0 Å². The van der Waals surface area contributed by atoms with Gasteiger partial charge in [-0.05, 0) is 53.6 Å². The fourth-order valence-corrected chi connectivity index (χ4v) is 5.13. The number of rotatable bonds is 10. The van der Waals surface area contributed by atoms with Gasteiger partial charge in [0.2, 0.25) is 5.75 Å². The standard InChI is InChI=1S/C34H32N2O7/c1-39-27-19-22(20-28(40-2)32(27)41-3)29-25-11-8-12-26(43-18-17-21-9-6-5-7-10-21)30(25)33(37)36(31(29)34(38)42-4)24-15-13-23(35)14-16-24/h5-16,19-20H,17-18,35H2,1-4H3. The largest absolute Gasteiger partial charge is 0.493 e. The molecule has 5 rings (SSSR count). The van der Waals surface area contributed by atoms with Gasteiger partial charge in [0, 0.05) is 28.7 Å². The van der Waals surface area contributed by atoms with Crippen molar-refractivity contribution < 1.29 is 28.5 Å². The van der Waals surface area contributed by atoms with Crippen LogP contribution in [0.2, 0.25) is 0 Å². The van der Waals surface area contributed by atoms with Crippen molar-refractivity contribution in [2.75, 3.05) is 40.8 Å². The molecule has 0 spiro atoms. The summed E-state index contributed by atoms with van der Waals surface area (Å²) in [7, 11) is 5.80. The van der Waals surface area contributed by atoms with E-state index in [2.05, 4.69) is 0 Å². The third-order valence-electron chi connectivity index (χ3n) is 7.15. The summed E-state index contributed by atoms with van der Waals surface area (Å²) in [6.07, 6.45) is 0.642. The summed E-state index contributed by atoms with van der Waals surface area (Å²) >= 11 is 0. The van der Waals surface area contributed by atoms with E-state index in [1.54, 1.807) is 54.6 Å². The molecule has 5 aromatic rings. The van der Waals surface area contributed by atoms with Crippen LogP contribution in [0.4, 0.5) is 5.69 Å². The van der Waals surface area contributed by atoms with Crippen LogP contribution in [0.3, 0.4) is 0 Å². The Morgan fingerprint density at radius 2 is 1.47 bits per heavy atom. The summed E-state index contributed by atoms with van der Waals surface area (Å²) in [5.74, 6) is 0.805. The third-order valence-corrected chi connectivity index (χ3v) is 7.15. The van der Waals surface area contributed by atoms with Gasteiger partial charge in [-0.15, -0.1) is 0 Å². The minimum Gasteiger partial charge on any atom is -0.493 e. The number of carbonyl (C=O) groups is 1. The summed E-state index contributed by atoms with van der Waals surface area (Å²) < 4.78 is 29.6. The van der Waals surface area contributed by atoms with Gasteiger partial charge in [0.05, 0.1) is 40.4 Å². The Hall–Kier alpha value is -5.44. The topological polar surface area (TPSA) is 111 Å². The maximum Gasteiger partial charge on any atom is 0.355 e. The number of esters is 1. The lowest BCUT2D eigenvalue weighted by atomic mass is 9.95. The number of hydrogen-bond acceptors (Lipinski definition) is 8. The van der Waals surface area contributed by atoms with E-state index in [4.69, 9.17) is 29.4 Å². The zero-order valence-corrected chi connectivity index (χ0v) is 24.4. The maximum absolute atomic E-state index is 14.4. The van der Waals surface area contributed by atoms with Gasteiger partial charge in [-0.1, -0.05) is 42.5 Å². The molecule has 0 amide bonds. The van der Waals surface area contributed by atoms with Gasteiger partial charge in [0.1, 0.15) is 11.4 Å². The highest BCUT2D eigenvalue weighted by Gasteiger charge is 2.28. The lowest BCUT2D eigenvalue weighted by Gasteiger charge is -2.21. The molecule has 0 bridgehead atoms. The number of pyridine rings is 1. The molecular formula is C34H32N2O7. The first kappa shape index (κ1) is 29.1. The molecule has 0 aliphatic rings. The van der Waals surface area contributed by atoms with Gasteiger partial charge in [0.25, 0.3) is 5.56 Å². The first-order chi connectivity index (χ1) is 20.9. The van der Waals surface area contributed by atoms with Crippen molar-refractivity contribution in [3.8, 4) is 39.8 Å². The molecular weight excluding hydrogens is 548 g/mol. The smallest absolute Gasteiger partial charge is 0.355 e. The fourth-order valence-electron chi connectivity index (χ4n) is 5.13. The van der Waals surface area contributed by atoms with E-state index in [1.165, 1.54) is 33.0 Å². The highest BCUT2D eigenvalue weighted by molar-refractivity contribution is 6.09. The normalized spacial score (nSPS) is 10.8. The molecule has 0 unspecified atom stereocenters. The molecule has 0 fully saturated rings. The number of fused-ring (bicyclic) bond motifs is 1. The van der Waals surface area contributed by atoms with Crippen LogP contribution in [0, 0.1) is 0 Å². The van der Waals surface area contributed by atoms with Crippen LogP contribution in [0.1, 0.15) is 16.1 Å². The van der Waals surface area contributed by atoms with E-state index in [1.807, 2.05) is 30.3 Å². The van der Waals surface area contributed by atoms with E-state index in [-0.39, 0.29) is 5.69 Å². The van der Waals surface area contributed by atoms with Crippen LogP contribution in [0.5, 0.6) is 23.0 Å². The minimum absolute atomic E-state index is 0.0143. The second kappa shape index (κ2) is 12.6. The molecule has 9 heteroatoms. The molecule has 0 aliphatic carbocycles. The zero-order chi connectivity index (χ0) is 30.5. The molecule has 1 aromatic heterocycles. The van der Waals surface area contributed by atoms with E-state index < -0.39 is 11.5 Å². The Kier molecular flexibility index (Phi) is 8.52. The van der Waals surface area contributed by atoms with Crippen LogP contribution in [-0.2, 0) is 11.2 Å². The van der Waals surface area contributed by atoms with Crippen LogP contribution >= 0.6 is 0 Å². The van der Waals surface area contributed by atoms with Crippen molar-refractivity contribution >= 4 is 22.4 Å². The number of ether oxygens (including phenoxy) is 5. The number of aromatic nitrogens is 1. The summed E-state index contributed by atoms with van der Waals surface area (Å²) in [6.45, 7) is 0.336. The number of hydrogen-bond donors (Lipinski definition) is 1. The third kappa shape index (κ3) is 5.57. The second-order valence-electron chi connectivity index (χ2n) is 9.62. The summed E-state index contributed by atoms with van der Waals surface area (Å²) in [6, 6.07) is 25.4. The number of nitrogens with zero attached hydrogens (tertiary/aromatic N) is 1. The Labute approximate surface area is 248 Å². The van der Waals surface area contributed by atoms with Gasteiger partial charge >= 0.3 is 5.97 Å². The number of methoxy groups -OCH3 is 4. The second-order valence-corrected chi connectivity index (χ2v) is 9.62. The summed E-state index contributed by atoms with van der Waals surface area (Å²) in [5.41, 5.74) is 8.51. The van der Waals surface area contributed by atoms with E-state index >= 15 is 0 Å². The van der Waals surface area contributed by atoms with Gasteiger partial charge < -0.3 is 29.4 Å². The zero-order valence-electron chi connectivity index (χ0n) is 24.4. The van der Waals surface area contributed by atoms with E-state index in [9.17, 15) is 9.59 Å². The van der Waals surface area contributed by atoms with Crippen molar-refractivity contribution in [3.63, 3.8) is 0 Å². The van der Waals surface area contributed by atoms with Crippen molar-refractivity contribution in [3.05, 3.63) is 107 Å². The van der Waals surface area contributed by atoms with Gasteiger partial charge in [-0.2, -0.15) is 0 Å². The van der Waals surface area contributed by atoms with Gasteiger partial charge in [-0.3, -0.25) is 9.36 Å². The monoisotopic (exact) mass is 580 g/mol. The SMILES string of the molecule is COC(=O)c1c(-c2cc(OC)c(OC)c(OC)c2)c2cccc(OCCc3ccccc3)c2c(=O)n1-c1ccc(N)cc1. The number of nitrogens with two attached hydrogens (primary N) is 1. The summed E-state index contributed by atoms with van der Waals surface area (Å²) in [5, 5.41) is 0.785. The average Bonchev–Trinajstić information content (AvgIpc) is 3.04. The van der Waals surface area contributed by atoms with Crippen LogP contribution in [0.25, 0.3) is 27.6 Å². The molecule has 43 heavy (non-hydrogen) atoms. The van der Waals surface area contributed by atoms with Gasteiger partial charge in [0.15, 0.2) is 11.5 Å². The first-order valence-electron chi connectivity index (χ1n) is 13.5. The lowest BCUT2D eigenvalue weighted by molar-refractivity contribution is 0.0591. The van der Waals surface area contributed by atoms with E-state index in [0.29, 0.717) is 69.3 Å². The Morgan fingerprint density at radius 3 is 2.07 bits per heavy atom. The number of carbonyl (C=O) groups excluding carboxylic acids is 1. The quantitative estimate of drug-likeness (QED) is 0.166. The molecule has 0 radical (unpaired) electrons. The molecule has 0 saturated heterocycles. The van der Waals surface area contributed by atoms with Crippen LogP contribution in [0.15, 0.2) is 89.7 Å². The van der Waals surface area contributed by atoms with Crippen molar-refractivity contribution in [2.45, 2.75) is 6.42 Å². The van der Waals surface area contributed by atoms with Crippen molar-refractivity contribution in [1.82, 2.24) is 4.57 Å². The Bertz CT molecular complexity index is 1810. The molecule has 220 valence electrons. The highest BCUT2D eigenvalue weighted by atomic mass is 16.5. The number of anilines is 1.